The second-order valence-corrected chi connectivity index (χ2v) is 6.78. The van der Waals surface area contributed by atoms with Crippen LogP contribution in [0.15, 0.2) is 59.2 Å². The predicted molar refractivity (Wildman–Crippen MR) is 101 cm³/mol. The molecule has 0 bridgehead atoms. The number of aromatic amines is 1. The molecule has 0 aliphatic rings. The Morgan fingerprint density at radius 2 is 2.08 bits per heavy atom. The Hall–Kier alpha value is -3.00. The van der Waals surface area contributed by atoms with Crippen LogP contribution >= 0.6 is 15.9 Å². The number of carbonyl (C=O) groups is 1. The maximum absolute atomic E-state index is 12.5. The first-order valence-electron chi connectivity index (χ1n) is 8.04. The van der Waals surface area contributed by atoms with Crippen LogP contribution < -0.4 is 5.32 Å². The highest BCUT2D eigenvalue weighted by molar-refractivity contribution is 9.10. The van der Waals surface area contributed by atoms with Crippen molar-refractivity contribution in [2.45, 2.75) is 13.0 Å². The molecule has 0 unspecified atom stereocenters. The van der Waals surface area contributed by atoms with Crippen molar-refractivity contribution in [3.63, 3.8) is 0 Å². The minimum Gasteiger partial charge on any atom is -0.341 e. The molecule has 0 spiro atoms. The molecule has 2 heterocycles. The molecule has 1 amide bonds. The number of aromatic nitrogens is 5. The molecule has 0 saturated heterocycles. The number of halogens is 1. The van der Waals surface area contributed by atoms with E-state index in [1.165, 1.54) is 0 Å². The summed E-state index contributed by atoms with van der Waals surface area (Å²) in [5, 5.41) is 10.9. The molecule has 7 nitrogen and oxygen atoms in total. The van der Waals surface area contributed by atoms with Gasteiger partial charge in [-0.25, -0.2) is 9.67 Å². The van der Waals surface area contributed by atoms with E-state index in [1.54, 1.807) is 10.9 Å². The lowest BCUT2D eigenvalue weighted by Crippen LogP contribution is -2.27. The summed E-state index contributed by atoms with van der Waals surface area (Å²) in [6, 6.07) is 15.0. The monoisotopic (exact) mass is 410 g/mol. The Balaban J connectivity index is 1.51. The summed E-state index contributed by atoms with van der Waals surface area (Å²) >= 11 is 3.42. The van der Waals surface area contributed by atoms with Crippen LogP contribution in [0.25, 0.3) is 16.7 Å². The van der Waals surface area contributed by atoms with Gasteiger partial charge in [-0.05, 0) is 37.3 Å². The van der Waals surface area contributed by atoms with Crippen LogP contribution in [0, 0.1) is 0 Å². The minimum absolute atomic E-state index is 0.243. The van der Waals surface area contributed by atoms with E-state index in [2.05, 4.69) is 41.5 Å². The summed E-state index contributed by atoms with van der Waals surface area (Å²) < 4.78 is 2.49. The third-order valence-corrected chi connectivity index (χ3v) is 4.46. The van der Waals surface area contributed by atoms with Crippen LogP contribution in [0.2, 0.25) is 0 Å². The van der Waals surface area contributed by atoms with Gasteiger partial charge in [0.1, 0.15) is 5.82 Å². The number of amides is 1. The van der Waals surface area contributed by atoms with E-state index in [4.69, 9.17) is 0 Å². The molecule has 2 aromatic carbocycles. The Kier molecular flexibility index (Phi) is 4.26. The molecule has 2 aromatic heterocycles. The summed E-state index contributed by atoms with van der Waals surface area (Å²) in [7, 11) is 0. The average molecular weight is 411 g/mol. The van der Waals surface area contributed by atoms with Crippen molar-refractivity contribution in [2.24, 2.45) is 0 Å². The molecule has 4 rings (SSSR count). The normalized spacial score (nSPS) is 12.2. The maximum Gasteiger partial charge on any atom is 0.274 e. The van der Waals surface area contributed by atoms with E-state index in [0.29, 0.717) is 5.82 Å². The van der Waals surface area contributed by atoms with Crippen LogP contribution in [-0.4, -0.2) is 30.9 Å². The molecule has 26 heavy (non-hydrogen) atoms. The summed E-state index contributed by atoms with van der Waals surface area (Å²) in [5.41, 5.74) is 2.86. The number of hydrogen-bond donors (Lipinski definition) is 2. The number of imidazole rings is 1. The van der Waals surface area contributed by atoms with Crippen LogP contribution in [0.1, 0.15) is 29.3 Å². The number of carbonyl (C=O) groups excluding carboxylic acids is 1. The van der Waals surface area contributed by atoms with Gasteiger partial charge in [0.25, 0.3) is 5.91 Å². The average Bonchev–Trinajstić information content (AvgIpc) is 3.29. The fourth-order valence-corrected chi connectivity index (χ4v) is 3.02. The summed E-state index contributed by atoms with van der Waals surface area (Å²) in [4.78, 5) is 20.2. The molecule has 0 aliphatic carbocycles. The van der Waals surface area contributed by atoms with E-state index in [9.17, 15) is 4.79 Å². The van der Waals surface area contributed by atoms with Gasteiger partial charge in [-0.15, -0.1) is 5.10 Å². The maximum atomic E-state index is 12.5. The highest BCUT2D eigenvalue weighted by Gasteiger charge is 2.17. The van der Waals surface area contributed by atoms with E-state index in [1.807, 2.05) is 55.5 Å². The van der Waals surface area contributed by atoms with Crippen LogP contribution in [0.3, 0.4) is 0 Å². The largest absolute Gasteiger partial charge is 0.341 e. The van der Waals surface area contributed by atoms with E-state index >= 15 is 0 Å². The third-order valence-electron chi connectivity index (χ3n) is 3.96. The molecule has 130 valence electrons. The fourth-order valence-electron chi connectivity index (χ4n) is 2.63. The Bertz CT molecular complexity index is 1050. The van der Waals surface area contributed by atoms with Crippen LogP contribution in [0.5, 0.6) is 0 Å². The van der Waals surface area contributed by atoms with Crippen molar-refractivity contribution in [1.29, 1.82) is 0 Å². The van der Waals surface area contributed by atoms with Crippen molar-refractivity contribution in [2.75, 3.05) is 0 Å². The lowest BCUT2D eigenvalue weighted by Gasteiger charge is -2.09. The zero-order valence-corrected chi connectivity index (χ0v) is 15.4. The molecule has 0 radical (unpaired) electrons. The van der Waals surface area contributed by atoms with Gasteiger partial charge >= 0.3 is 0 Å². The van der Waals surface area contributed by atoms with Crippen LogP contribution in [0.4, 0.5) is 0 Å². The molecule has 1 atom stereocenters. The Morgan fingerprint density at radius 3 is 2.88 bits per heavy atom. The number of nitrogens with one attached hydrogen (secondary N) is 2. The summed E-state index contributed by atoms with van der Waals surface area (Å²) in [6.45, 7) is 1.87. The number of fused-ring (bicyclic) bond motifs is 1. The van der Waals surface area contributed by atoms with Gasteiger partial charge in [-0.3, -0.25) is 4.79 Å². The minimum atomic E-state index is -0.306. The topological polar surface area (TPSA) is 88.5 Å². The van der Waals surface area contributed by atoms with Gasteiger partial charge in [0, 0.05) is 4.47 Å². The predicted octanol–water partition coefficient (Wildman–Crippen LogP) is 3.40. The van der Waals surface area contributed by atoms with Gasteiger partial charge < -0.3 is 10.3 Å². The lowest BCUT2D eigenvalue weighted by molar-refractivity contribution is 0.0933. The van der Waals surface area contributed by atoms with Crippen molar-refractivity contribution in [3.05, 3.63) is 70.7 Å². The number of hydrogen-bond acceptors (Lipinski definition) is 4. The molecule has 8 heteroatoms. The van der Waals surface area contributed by atoms with Crippen LogP contribution in [-0.2, 0) is 0 Å². The molecule has 0 fully saturated rings. The van der Waals surface area contributed by atoms with Gasteiger partial charge in [0.2, 0.25) is 0 Å². The molecular weight excluding hydrogens is 396 g/mol. The van der Waals surface area contributed by atoms with E-state index in [-0.39, 0.29) is 17.6 Å². The van der Waals surface area contributed by atoms with Gasteiger partial charge in [0.15, 0.2) is 5.69 Å². The van der Waals surface area contributed by atoms with Crippen molar-refractivity contribution < 1.29 is 4.79 Å². The van der Waals surface area contributed by atoms with Gasteiger partial charge in [-0.1, -0.05) is 39.3 Å². The summed E-state index contributed by atoms with van der Waals surface area (Å²) in [6.07, 6.45) is 1.60. The number of H-pyrrole nitrogens is 1. The number of para-hydroxylation sites is 2. The lowest BCUT2D eigenvalue weighted by atomic mass is 10.3. The quantitative estimate of drug-likeness (QED) is 0.539. The zero-order valence-electron chi connectivity index (χ0n) is 13.8. The highest BCUT2D eigenvalue weighted by atomic mass is 79.9. The molecule has 0 aliphatic heterocycles. The SMILES string of the molecule is C[C@H](NC(=O)c1cn(-c2cccc(Br)c2)nn1)c1nc2ccccc2[nH]1. The number of rotatable bonds is 4. The van der Waals surface area contributed by atoms with E-state index in [0.717, 1.165) is 21.2 Å². The highest BCUT2D eigenvalue weighted by Crippen LogP contribution is 2.17. The van der Waals surface area contributed by atoms with E-state index < -0.39 is 0 Å². The molecular formula is C18H15BrN6O. The smallest absolute Gasteiger partial charge is 0.274 e. The number of benzene rings is 2. The van der Waals surface area contributed by atoms with Crippen molar-refractivity contribution >= 4 is 32.9 Å². The first-order chi connectivity index (χ1) is 12.6. The number of nitrogens with zero attached hydrogens (tertiary/aromatic N) is 4. The van der Waals surface area contributed by atoms with Gasteiger partial charge in [-0.2, -0.15) is 0 Å². The van der Waals surface area contributed by atoms with Crippen molar-refractivity contribution in [3.8, 4) is 5.69 Å². The second-order valence-electron chi connectivity index (χ2n) is 5.86. The first-order valence-corrected chi connectivity index (χ1v) is 8.83. The molecule has 0 saturated carbocycles. The standard InChI is InChI=1S/C18H15BrN6O/c1-11(17-21-14-7-2-3-8-15(14)22-17)20-18(26)16-10-25(24-23-16)13-6-4-5-12(19)9-13/h2-11H,1H3,(H,20,26)(H,21,22)/t11-/m0/s1. The Labute approximate surface area is 157 Å². The first kappa shape index (κ1) is 16.5. The molecule has 4 aromatic rings. The van der Waals surface area contributed by atoms with Gasteiger partial charge in [0.05, 0.1) is 29.0 Å². The van der Waals surface area contributed by atoms with Crippen molar-refractivity contribution in [1.82, 2.24) is 30.3 Å². The fraction of sp³-hybridized carbons (Fsp3) is 0.111. The summed E-state index contributed by atoms with van der Waals surface area (Å²) in [5.74, 6) is 0.387. The Morgan fingerprint density at radius 1 is 1.23 bits per heavy atom. The second kappa shape index (κ2) is 6.72. The third kappa shape index (κ3) is 3.23. The molecule has 2 N–H and O–H groups in total. The zero-order chi connectivity index (χ0) is 18.1.